The van der Waals surface area contributed by atoms with Gasteiger partial charge in [-0.3, -0.25) is 4.79 Å². The van der Waals surface area contributed by atoms with E-state index in [0.29, 0.717) is 13.1 Å². The highest BCUT2D eigenvalue weighted by Gasteiger charge is 2.30. The third-order valence-electron chi connectivity index (χ3n) is 4.80. The Bertz CT molecular complexity index is 944. The van der Waals surface area contributed by atoms with E-state index in [-0.39, 0.29) is 17.5 Å². The lowest BCUT2D eigenvalue weighted by Crippen LogP contribution is -2.37. The van der Waals surface area contributed by atoms with Gasteiger partial charge in [-0.2, -0.15) is 13.2 Å². The molecule has 152 valence electrons. The summed E-state index contributed by atoms with van der Waals surface area (Å²) >= 11 is 0. The molecule has 3 aromatic rings. The fourth-order valence-corrected chi connectivity index (χ4v) is 3.16. The zero-order valence-corrected chi connectivity index (χ0v) is 16.4. The van der Waals surface area contributed by atoms with Crippen molar-refractivity contribution in [3.8, 4) is 0 Å². The van der Waals surface area contributed by atoms with Crippen LogP contribution < -0.4 is 0 Å². The average molecular weight is 400 g/mol. The van der Waals surface area contributed by atoms with Crippen LogP contribution in [-0.2, 0) is 19.3 Å². The predicted octanol–water partition coefficient (Wildman–Crippen LogP) is 5.61. The van der Waals surface area contributed by atoms with E-state index in [9.17, 15) is 18.0 Å². The van der Waals surface area contributed by atoms with E-state index in [1.807, 2.05) is 62.5 Å². The molecule has 0 aliphatic heterocycles. The number of halogens is 3. The standard InChI is InChI=1S/C23H23F3N2O/c1-17(2)28(22(29)19-10-12-20(13-11-19)23(24,25)26)16-21-9-6-14-27(21)15-18-7-4-3-5-8-18/h3-14,17H,15-16H2,1-2H3. The van der Waals surface area contributed by atoms with E-state index >= 15 is 0 Å². The van der Waals surface area contributed by atoms with Gasteiger partial charge in [0.15, 0.2) is 0 Å². The van der Waals surface area contributed by atoms with Crippen LogP contribution in [0.2, 0.25) is 0 Å². The number of nitrogens with zero attached hydrogens (tertiary/aromatic N) is 2. The molecule has 3 rings (SSSR count). The second-order valence-electron chi connectivity index (χ2n) is 7.21. The van der Waals surface area contributed by atoms with Crippen molar-refractivity contribution in [3.63, 3.8) is 0 Å². The Kier molecular flexibility index (Phi) is 6.11. The highest BCUT2D eigenvalue weighted by molar-refractivity contribution is 5.94. The van der Waals surface area contributed by atoms with E-state index in [0.717, 1.165) is 23.4 Å². The van der Waals surface area contributed by atoms with Crippen molar-refractivity contribution in [3.05, 3.63) is 95.3 Å². The van der Waals surface area contributed by atoms with Gasteiger partial charge in [-0.1, -0.05) is 30.3 Å². The first-order chi connectivity index (χ1) is 13.8. The van der Waals surface area contributed by atoms with Crippen LogP contribution >= 0.6 is 0 Å². The van der Waals surface area contributed by atoms with Crippen LogP contribution in [0, 0.1) is 0 Å². The summed E-state index contributed by atoms with van der Waals surface area (Å²) in [6.45, 7) is 4.85. The number of rotatable bonds is 6. The fourth-order valence-electron chi connectivity index (χ4n) is 3.16. The van der Waals surface area contributed by atoms with Gasteiger partial charge in [0.1, 0.15) is 0 Å². The molecule has 0 radical (unpaired) electrons. The molecule has 1 aromatic heterocycles. The van der Waals surface area contributed by atoms with Crippen molar-refractivity contribution in [1.29, 1.82) is 0 Å². The third kappa shape index (κ3) is 5.08. The first kappa shape index (κ1) is 20.7. The molecule has 0 unspecified atom stereocenters. The van der Waals surface area contributed by atoms with Gasteiger partial charge in [0, 0.05) is 30.0 Å². The molecule has 0 aliphatic rings. The Morgan fingerprint density at radius 1 is 0.966 bits per heavy atom. The van der Waals surface area contributed by atoms with E-state index in [1.54, 1.807) is 4.90 Å². The lowest BCUT2D eigenvalue weighted by molar-refractivity contribution is -0.137. The number of carbonyl (C=O) groups excluding carboxylic acids is 1. The molecule has 1 heterocycles. The Morgan fingerprint density at radius 2 is 1.62 bits per heavy atom. The number of hydrogen-bond acceptors (Lipinski definition) is 1. The first-order valence-corrected chi connectivity index (χ1v) is 9.42. The van der Waals surface area contributed by atoms with E-state index < -0.39 is 11.7 Å². The fraction of sp³-hybridized carbons (Fsp3) is 0.261. The summed E-state index contributed by atoms with van der Waals surface area (Å²) in [5.74, 6) is -0.291. The molecule has 29 heavy (non-hydrogen) atoms. The van der Waals surface area contributed by atoms with Crippen molar-refractivity contribution in [2.24, 2.45) is 0 Å². The molecule has 0 aliphatic carbocycles. The number of benzene rings is 2. The van der Waals surface area contributed by atoms with Crippen molar-refractivity contribution in [1.82, 2.24) is 9.47 Å². The molecule has 0 atom stereocenters. The molecule has 0 bridgehead atoms. The van der Waals surface area contributed by atoms with Crippen molar-refractivity contribution in [2.75, 3.05) is 0 Å². The summed E-state index contributed by atoms with van der Waals surface area (Å²) in [5.41, 5.74) is 1.59. The minimum Gasteiger partial charge on any atom is -0.345 e. The quantitative estimate of drug-likeness (QED) is 0.528. The monoisotopic (exact) mass is 400 g/mol. The third-order valence-corrected chi connectivity index (χ3v) is 4.80. The summed E-state index contributed by atoms with van der Waals surface area (Å²) in [7, 11) is 0. The van der Waals surface area contributed by atoms with Crippen LogP contribution in [0.25, 0.3) is 0 Å². The molecule has 6 heteroatoms. The molecule has 0 fully saturated rings. The average Bonchev–Trinajstić information content (AvgIpc) is 3.12. The maximum absolute atomic E-state index is 13.0. The van der Waals surface area contributed by atoms with E-state index in [1.165, 1.54) is 12.1 Å². The van der Waals surface area contributed by atoms with Gasteiger partial charge in [-0.05, 0) is 55.8 Å². The van der Waals surface area contributed by atoms with Gasteiger partial charge in [0.05, 0.1) is 12.1 Å². The highest BCUT2D eigenvalue weighted by atomic mass is 19.4. The van der Waals surface area contributed by atoms with Gasteiger partial charge < -0.3 is 9.47 Å². The molecular weight excluding hydrogens is 377 g/mol. The molecule has 1 amide bonds. The van der Waals surface area contributed by atoms with Crippen LogP contribution in [0.1, 0.15) is 41.0 Å². The van der Waals surface area contributed by atoms with Crippen molar-refractivity contribution >= 4 is 5.91 Å². The lowest BCUT2D eigenvalue weighted by Gasteiger charge is -2.27. The zero-order chi connectivity index (χ0) is 21.0. The van der Waals surface area contributed by atoms with Crippen molar-refractivity contribution < 1.29 is 18.0 Å². The molecule has 0 N–H and O–H groups in total. The summed E-state index contributed by atoms with van der Waals surface area (Å²) in [4.78, 5) is 14.6. The Hall–Kier alpha value is -3.02. The van der Waals surface area contributed by atoms with Crippen LogP contribution in [0.15, 0.2) is 72.9 Å². The van der Waals surface area contributed by atoms with Crippen LogP contribution in [0.5, 0.6) is 0 Å². The van der Waals surface area contributed by atoms with Gasteiger partial charge in [0.25, 0.3) is 5.91 Å². The summed E-state index contributed by atoms with van der Waals surface area (Å²) in [6.07, 6.45) is -2.46. The first-order valence-electron chi connectivity index (χ1n) is 9.42. The maximum atomic E-state index is 13.0. The van der Waals surface area contributed by atoms with Crippen molar-refractivity contribution in [2.45, 2.75) is 39.2 Å². The smallest absolute Gasteiger partial charge is 0.345 e. The molecule has 0 spiro atoms. The minimum absolute atomic E-state index is 0.107. The number of hydrogen-bond donors (Lipinski definition) is 0. The Morgan fingerprint density at radius 3 is 2.21 bits per heavy atom. The topological polar surface area (TPSA) is 25.2 Å². The summed E-state index contributed by atoms with van der Waals surface area (Å²) in [5, 5.41) is 0. The lowest BCUT2D eigenvalue weighted by atomic mass is 10.1. The Balaban J connectivity index is 1.79. The number of alkyl halides is 3. The van der Waals surface area contributed by atoms with Crippen LogP contribution in [0.4, 0.5) is 13.2 Å². The Labute approximate surface area is 168 Å². The zero-order valence-electron chi connectivity index (χ0n) is 16.4. The molecule has 0 saturated heterocycles. The van der Waals surface area contributed by atoms with Crippen LogP contribution in [-0.4, -0.2) is 21.4 Å². The number of aromatic nitrogens is 1. The minimum atomic E-state index is -4.42. The van der Waals surface area contributed by atoms with Gasteiger partial charge in [-0.15, -0.1) is 0 Å². The maximum Gasteiger partial charge on any atom is 0.416 e. The number of amides is 1. The molecule has 2 aromatic carbocycles. The summed E-state index contributed by atoms with van der Waals surface area (Å²) < 4.78 is 40.4. The molecule has 0 saturated carbocycles. The molecular formula is C23H23F3N2O. The largest absolute Gasteiger partial charge is 0.416 e. The normalized spacial score (nSPS) is 11.7. The van der Waals surface area contributed by atoms with Gasteiger partial charge in [0.2, 0.25) is 0 Å². The SMILES string of the molecule is CC(C)N(Cc1cccn1Cc1ccccc1)C(=O)c1ccc(C(F)(F)F)cc1. The van der Waals surface area contributed by atoms with E-state index in [4.69, 9.17) is 0 Å². The number of carbonyl (C=O) groups is 1. The highest BCUT2D eigenvalue weighted by Crippen LogP contribution is 2.29. The van der Waals surface area contributed by atoms with Gasteiger partial charge >= 0.3 is 6.18 Å². The van der Waals surface area contributed by atoms with E-state index in [2.05, 4.69) is 4.57 Å². The second-order valence-corrected chi connectivity index (χ2v) is 7.21. The molecule has 3 nitrogen and oxygen atoms in total. The second kappa shape index (κ2) is 8.55. The van der Waals surface area contributed by atoms with Crippen LogP contribution in [0.3, 0.4) is 0 Å². The van der Waals surface area contributed by atoms with Gasteiger partial charge in [-0.25, -0.2) is 0 Å². The predicted molar refractivity (Wildman–Crippen MR) is 106 cm³/mol. The summed E-state index contributed by atoms with van der Waals surface area (Å²) in [6, 6.07) is 18.2.